The zero-order valence-electron chi connectivity index (χ0n) is 16.1. The Labute approximate surface area is 168 Å². The number of carbonyl (C=O) groups is 1. The highest BCUT2D eigenvalue weighted by atomic mass is 32.2. The maximum absolute atomic E-state index is 12.2. The average Bonchev–Trinajstić information content (AvgIpc) is 3.11. The molecule has 2 heterocycles. The fourth-order valence-corrected chi connectivity index (χ4v) is 3.57. The lowest BCUT2D eigenvalue weighted by Gasteiger charge is -2.14. The molecule has 0 fully saturated rings. The predicted octanol–water partition coefficient (Wildman–Crippen LogP) is 2.88. The monoisotopic (exact) mass is 397 g/mol. The van der Waals surface area contributed by atoms with Crippen LogP contribution in [0.2, 0.25) is 0 Å². The van der Waals surface area contributed by atoms with Gasteiger partial charge in [-0.1, -0.05) is 30.0 Å². The number of pyridine rings is 1. The van der Waals surface area contributed by atoms with Crippen molar-refractivity contribution in [3.8, 4) is 17.1 Å². The number of thioether (sulfide) groups is 1. The van der Waals surface area contributed by atoms with Gasteiger partial charge in [-0.2, -0.15) is 0 Å². The molecule has 8 heteroatoms. The van der Waals surface area contributed by atoms with Crippen molar-refractivity contribution in [2.24, 2.45) is 0 Å². The zero-order valence-corrected chi connectivity index (χ0v) is 16.9. The fraction of sp³-hybridized carbons (Fsp3) is 0.300. The van der Waals surface area contributed by atoms with Gasteiger partial charge in [0.05, 0.1) is 18.0 Å². The van der Waals surface area contributed by atoms with E-state index in [1.807, 2.05) is 54.8 Å². The number of hydrogen-bond acceptors (Lipinski definition) is 6. The van der Waals surface area contributed by atoms with E-state index in [4.69, 9.17) is 4.74 Å². The Bertz CT molecular complexity index is 929. The molecule has 0 radical (unpaired) electrons. The number of aromatic nitrogens is 4. The summed E-state index contributed by atoms with van der Waals surface area (Å²) in [6, 6.07) is 11.8. The van der Waals surface area contributed by atoms with Crippen molar-refractivity contribution in [3.63, 3.8) is 0 Å². The van der Waals surface area contributed by atoms with Crippen molar-refractivity contribution < 1.29 is 9.53 Å². The average molecular weight is 398 g/mol. The van der Waals surface area contributed by atoms with E-state index in [1.165, 1.54) is 11.8 Å². The third-order valence-corrected chi connectivity index (χ3v) is 4.99. The van der Waals surface area contributed by atoms with Crippen molar-refractivity contribution >= 4 is 17.7 Å². The van der Waals surface area contributed by atoms with E-state index in [1.54, 1.807) is 19.5 Å². The number of aryl methyl sites for hydroxylation is 1. The number of amides is 1. The quantitative estimate of drug-likeness (QED) is 0.589. The predicted molar refractivity (Wildman–Crippen MR) is 110 cm³/mol. The first-order valence-corrected chi connectivity index (χ1v) is 9.91. The lowest BCUT2D eigenvalue weighted by atomic mass is 10.2. The number of benzene rings is 1. The second kappa shape index (κ2) is 9.48. The standard InChI is InChI=1S/C20H23N5O2S/c1-14-7-4-5-9-17(14)25-19(16-8-6-10-21-11-16)23-24-20(25)28-13-18(26)22-15(2)12-27-3/h4-11,15H,12-13H2,1-3H3,(H,22,26). The maximum atomic E-state index is 12.2. The van der Waals surface area contributed by atoms with Crippen LogP contribution in [0.25, 0.3) is 17.1 Å². The van der Waals surface area contributed by atoms with Crippen LogP contribution in [0.3, 0.4) is 0 Å². The second-order valence-electron chi connectivity index (χ2n) is 6.38. The van der Waals surface area contributed by atoms with Crippen LogP contribution < -0.4 is 5.32 Å². The van der Waals surface area contributed by atoms with Gasteiger partial charge in [0, 0.05) is 31.1 Å². The van der Waals surface area contributed by atoms with Crippen LogP contribution in [-0.4, -0.2) is 51.2 Å². The molecule has 0 saturated heterocycles. The van der Waals surface area contributed by atoms with Crippen molar-refractivity contribution in [2.45, 2.75) is 25.0 Å². The summed E-state index contributed by atoms with van der Waals surface area (Å²) in [4.78, 5) is 16.4. The van der Waals surface area contributed by atoms with Crippen molar-refractivity contribution in [1.82, 2.24) is 25.1 Å². The van der Waals surface area contributed by atoms with E-state index in [9.17, 15) is 4.79 Å². The summed E-state index contributed by atoms with van der Waals surface area (Å²) in [6.45, 7) is 4.42. The van der Waals surface area contributed by atoms with Crippen LogP contribution in [-0.2, 0) is 9.53 Å². The van der Waals surface area contributed by atoms with Crippen molar-refractivity contribution in [3.05, 3.63) is 54.4 Å². The summed E-state index contributed by atoms with van der Waals surface area (Å²) in [5.74, 6) is 0.861. The minimum atomic E-state index is -0.0724. The summed E-state index contributed by atoms with van der Waals surface area (Å²) in [6.07, 6.45) is 3.48. The first kappa shape index (κ1) is 20.0. The van der Waals surface area contributed by atoms with E-state index in [0.29, 0.717) is 17.6 Å². The number of rotatable bonds is 8. The SMILES string of the molecule is COCC(C)NC(=O)CSc1nnc(-c2cccnc2)n1-c1ccccc1C. The molecule has 3 aromatic rings. The Balaban J connectivity index is 1.89. The topological polar surface area (TPSA) is 81.9 Å². The molecular weight excluding hydrogens is 374 g/mol. The molecule has 7 nitrogen and oxygen atoms in total. The van der Waals surface area contributed by atoms with Crippen LogP contribution in [0.15, 0.2) is 53.9 Å². The van der Waals surface area contributed by atoms with Gasteiger partial charge in [-0.25, -0.2) is 0 Å². The largest absolute Gasteiger partial charge is 0.383 e. The van der Waals surface area contributed by atoms with Gasteiger partial charge in [-0.15, -0.1) is 10.2 Å². The van der Waals surface area contributed by atoms with E-state index in [-0.39, 0.29) is 17.7 Å². The molecule has 0 aliphatic rings. The Morgan fingerprint density at radius 1 is 1.25 bits per heavy atom. The summed E-state index contributed by atoms with van der Waals surface area (Å²) in [7, 11) is 1.61. The minimum Gasteiger partial charge on any atom is -0.383 e. The molecule has 1 amide bonds. The highest BCUT2D eigenvalue weighted by molar-refractivity contribution is 7.99. The highest BCUT2D eigenvalue weighted by Crippen LogP contribution is 2.28. The molecule has 146 valence electrons. The van der Waals surface area contributed by atoms with Gasteiger partial charge in [-0.05, 0) is 37.6 Å². The van der Waals surface area contributed by atoms with Gasteiger partial charge in [0.1, 0.15) is 0 Å². The second-order valence-corrected chi connectivity index (χ2v) is 7.32. The normalized spacial score (nSPS) is 12.0. The third-order valence-electron chi connectivity index (χ3n) is 4.07. The molecule has 28 heavy (non-hydrogen) atoms. The van der Waals surface area contributed by atoms with E-state index >= 15 is 0 Å². The number of methoxy groups -OCH3 is 1. The molecule has 0 spiro atoms. The molecule has 1 unspecified atom stereocenters. The van der Waals surface area contributed by atoms with Gasteiger partial charge in [-0.3, -0.25) is 14.3 Å². The first-order chi connectivity index (χ1) is 13.6. The Hall–Kier alpha value is -2.71. The van der Waals surface area contributed by atoms with Crippen LogP contribution in [0.5, 0.6) is 0 Å². The molecule has 0 saturated carbocycles. The molecule has 1 aromatic carbocycles. The van der Waals surface area contributed by atoms with Crippen LogP contribution in [0.1, 0.15) is 12.5 Å². The lowest BCUT2D eigenvalue weighted by Crippen LogP contribution is -2.36. The Morgan fingerprint density at radius 2 is 2.07 bits per heavy atom. The Morgan fingerprint density at radius 3 is 2.79 bits per heavy atom. The summed E-state index contributed by atoms with van der Waals surface area (Å²) in [5.41, 5.74) is 2.93. The summed E-state index contributed by atoms with van der Waals surface area (Å²) < 4.78 is 7.03. The van der Waals surface area contributed by atoms with E-state index in [2.05, 4.69) is 20.5 Å². The number of carbonyl (C=O) groups excluding carboxylic acids is 1. The van der Waals surface area contributed by atoms with Crippen molar-refractivity contribution in [1.29, 1.82) is 0 Å². The molecule has 1 atom stereocenters. The van der Waals surface area contributed by atoms with Gasteiger partial charge in [0.2, 0.25) is 5.91 Å². The number of ether oxygens (including phenoxy) is 1. The first-order valence-electron chi connectivity index (χ1n) is 8.93. The zero-order chi connectivity index (χ0) is 19.9. The van der Waals surface area contributed by atoms with Crippen LogP contribution in [0, 0.1) is 6.92 Å². The van der Waals surface area contributed by atoms with Gasteiger partial charge in [0.15, 0.2) is 11.0 Å². The van der Waals surface area contributed by atoms with Gasteiger partial charge < -0.3 is 10.1 Å². The number of hydrogen-bond donors (Lipinski definition) is 1. The maximum Gasteiger partial charge on any atom is 0.230 e. The minimum absolute atomic E-state index is 0.0432. The molecule has 0 bridgehead atoms. The van der Waals surface area contributed by atoms with Gasteiger partial charge >= 0.3 is 0 Å². The lowest BCUT2D eigenvalue weighted by molar-refractivity contribution is -0.119. The third kappa shape index (κ3) is 4.76. The molecule has 0 aliphatic heterocycles. The van der Waals surface area contributed by atoms with E-state index < -0.39 is 0 Å². The number of nitrogens with one attached hydrogen (secondary N) is 1. The van der Waals surface area contributed by atoms with Crippen molar-refractivity contribution in [2.75, 3.05) is 19.5 Å². The van der Waals surface area contributed by atoms with Crippen LogP contribution in [0.4, 0.5) is 0 Å². The smallest absolute Gasteiger partial charge is 0.230 e. The fourth-order valence-electron chi connectivity index (χ4n) is 2.82. The molecular formula is C20H23N5O2S. The molecule has 3 rings (SSSR count). The van der Waals surface area contributed by atoms with Gasteiger partial charge in [0.25, 0.3) is 0 Å². The van der Waals surface area contributed by atoms with E-state index in [0.717, 1.165) is 16.8 Å². The number of nitrogens with zero attached hydrogens (tertiary/aromatic N) is 4. The molecule has 2 aromatic heterocycles. The molecule has 1 N–H and O–H groups in total. The number of para-hydroxylation sites is 1. The van der Waals surface area contributed by atoms with Crippen LogP contribution >= 0.6 is 11.8 Å². The molecule has 0 aliphatic carbocycles. The highest BCUT2D eigenvalue weighted by Gasteiger charge is 2.18. The summed E-state index contributed by atoms with van der Waals surface area (Å²) >= 11 is 1.35. The summed E-state index contributed by atoms with van der Waals surface area (Å²) in [5, 5.41) is 12.3. The Kier molecular flexibility index (Phi) is 6.78.